The van der Waals surface area contributed by atoms with Crippen molar-refractivity contribution < 1.29 is 13.9 Å². The van der Waals surface area contributed by atoms with Crippen LogP contribution in [-0.4, -0.2) is 80.9 Å². The molecule has 1 aromatic rings. The van der Waals surface area contributed by atoms with Crippen LogP contribution in [0.4, 0.5) is 14.9 Å². The van der Waals surface area contributed by atoms with E-state index >= 15 is 0 Å². The van der Waals surface area contributed by atoms with E-state index in [1.165, 1.54) is 12.1 Å². The summed E-state index contributed by atoms with van der Waals surface area (Å²) in [4.78, 5) is 18.5. The Bertz CT molecular complexity index is 561. The highest BCUT2D eigenvalue weighted by Crippen LogP contribution is 2.17. The number of hydrogen-bond acceptors (Lipinski definition) is 4. The molecule has 1 unspecified atom stereocenters. The monoisotopic (exact) mass is 350 g/mol. The molecule has 0 aromatic heterocycles. The van der Waals surface area contributed by atoms with Crippen LogP contribution in [0.1, 0.15) is 6.92 Å². The molecule has 0 bridgehead atoms. The van der Waals surface area contributed by atoms with Crippen LogP contribution in [0.25, 0.3) is 0 Å². The number of carbonyl (C=O) groups is 1. The fourth-order valence-electron chi connectivity index (χ4n) is 3.41. The molecule has 2 heterocycles. The van der Waals surface area contributed by atoms with Gasteiger partial charge in [-0.2, -0.15) is 0 Å². The summed E-state index contributed by atoms with van der Waals surface area (Å²) in [5, 5.41) is 2.85. The summed E-state index contributed by atoms with van der Waals surface area (Å²) in [6, 6.07) is 6.68. The van der Waals surface area contributed by atoms with Gasteiger partial charge >= 0.3 is 6.03 Å². The van der Waals surface area contributed by atoms with Crippen LogP contribution in [0.2, 0.25) is 0 Å². The number of rotatable bonds is 4. The second-order valence-corrected chi connectivity index (χ2v) is 6.54. The van der Waals surface area contributed by atoms with Gasteiger partial charge in [0.05, 0.1) is 12.7 Å². The summed E-state index contributed by atoms with van der Waals surface area (Å²) in [6.45, 7) is 9.02. The summed E-state index contributed by atoms with van der Waals surface area (Å²) in [6.07, 6.45) is 0.0636. The van der Waals surface area contributed by atoms with Crippen molar-refractivity contribution in [2.75, 3.05) is 63.9 Å². The summed E-state index contributed by atoms with van der Waals surface area (Å²) >= 11 is 0. The van der Waals surface area contributed by atoms with E-state index in [2.05, 4.69) is 15.1 Å². The maximum Gasteiger partial charge on any atom is 0.317 e. The number of amides is 2. The maximum absolute atomic E-state index is 13.0. The summed E-state index contributed by atoms with van der Waals surface area (Å²) in [7, 11) is 0. The number of ether oxygens (including phenoxy) is 1. The zero-order valence-corrected chi connectivity index (χ0v) is 14.8. The average Bonchev–Trinajstić information content (AvgIpc) is 2.64. The van der Waals surface area contributed by atoms with E-state index in [4.69, 9.17) is 4.74 Å². The van der Waals surface area contributed by atoms with Gasteiger partial charge in [0.1, 0.15) is 5.82 Å². The molecule has 2 aliphatic heterocycles. The molecule has 0 saturated carbocycles. The molecule has 7 heteroatoms. The molecule has 0 spiro atoms. The fraction of sp³-hybridized carbons (Fsp3) is 0.611. The molecule has 2 saturated heterocycles. The molecular weight excluding hydrogens is 323 g/mol. The second kappa shape index (κ2) is 8.49. The first-order valence-electron chi connectivity index (χ1n) is 9.03. The Labute approximate surface area is 148 Å². The number of morpholine rings is 1. The lowest BCUT2D eigenvalue weighted by molar-refractivity contribution is -0.0310. The van der Waals surface area contributed by atoms with Crippen molar-refractivity contribution in [3.63, 3.8) is 0 Å². The topological polar surface area (TPSA) is 48.1 Å². The molecule has 6 nitrogen and oxygen atoms in total. The zero-order valence-electron chi connectivity index (χ0n) is 14.8. The quantitative estimate of drug-likeness (QED) is 0.891. The predicted molar refractivity (Wildman–Crippen MR) is 95.4 cm³/mol. The molecule has 1 atom stereocenters. The van der Waals surface area contributed by atoms with Crippen molar-refractivity contribution in [2.24, 2.45) is 0 Å². The molecule has 25 heavy (non-hydrogen) atoms. The van der Waals surface area contributed by atoms with Crippen LogP contribution >= 0.6 is 0 Å². The largest absolute Gasteiger partial charge is 0.373 e. The lowest BCUT2D eigenvalue weighted by Gasteiger charge is -2.39. The number of nitrogens with zero attached hydrogens (tertiary/aromatic N) is 3. The lowest BCUT2D eigenvalue weighted by Crippen LogP contribution is -2.54. The van der Waals surface area contributed by atoms with Gasteiger partial charge in [-0.15, -0.1) is 0 Å². The van der Waals surface area contributed by atoms with Gasteiger partial charge in [-0.3, -0.25) is 4.90 Å². The van der Waals surface area contributed by atoms with Gasteiger partial charge in [0.25, 0.3) is 0 Å². The molecule has 3 rings (SSSR count). The van der Waals surface area contributed by atoms with E-state index in [1.807, 2.05) is 24.0 Å². The molecule has 2 aliphatic rings. The number of anilines is 1. The van der Waals surface area contributed by atoms with Crippen molar-refractivity contribution in [2.45, 2.75) is 13.0 Å². The van der Waals surface area contributed by atoms with Gasteiger partial charge in [0.2, 0.25) is 0 Å². The Morgan fingerprint density at radius 3 is 2.60 bits per heavy atom. The van der Waals surface area contributed by atoms with Gasteiger partial charge in [-0.25, -0.2) is 9.18 Å². The van der Waals surface area contributed by atoms with Gasteiger partial charge in [-0.05, 0) is 31.2 Å². The first kappa shape index (κ1) is 17.9. The van der Waals surface area contributed by atoms with Crippen LogP contribution in [0.5, 0.6) is 0 Å². The lowest BCUT2D eigenvalue weighted by atomic mass is 10.2. The predicted octanol–water partition coefficient (Wildman–Crippen LogP) is 1.38. The Kier molecular flexibility index (Phi) is 6.09. The number of nitrogens with one attached hydrogen (secondary N) is 1. The standard InChI is InChI=1S/C18H27FN4O2/c1-2-20-18(24)23-11-12-25-17(14-23)13-21-7-9-22(10-8-21)16-5-3-15(19)4-6-16/h3-6,17H,2,7-14H2,1H3,(H,20,24). The van der Waals surface area contributed by atoms with Gasteiger partial charge in [-0.1, -0.05) is 0 Å². The minimum absolute atomic E-state index is 0.00284. The molecule has 2 fully saturated rings. The van der Waals surface area contributed by atoms with Crippen molar-refractivity contribution >= 4 is 11.7 Å². The normalized spacial score (nSPS) is 22.1. The van der Waals surface area contributed by atoms with Crippen LogP contribution in [0.3, 0.4) is 0 Å². The highest BCUT2D eigenvalue weighted by Gasteiger charge is 2.27. The number of halogens is 1. The third-order valence-electron chi connectivity index (χ3n) is 4.78. The molecule has 1 N–H and O–H groups in total. The van der Waals surface area contributed by atoms with E-state index in [-0.39, 0.29) is 18.0 Å². The minimum Gasteiger partial charge on any atom is -0.373 e. The van der Waals surface area contributed by atoms with Crippen molar-refractivity contribution in [1.82, 2.24) is 15.1 Å². The first-order chi connectivity index (χ1) is 12.2. The maximum atomic E-state index is 13.0. The molecule has 1 aromatic carbocycles. The number of hydrogen-bond donors (Lipinski definition) is 1. The van der Waals surface area contributed by atoms with Crippen molar-refractivity contribution in [3.05, 3.63) is 30.1 Å². The molecule has 0 aliphatic carbocycles. The fourth-order valence-corrected chi connectivity index (χ4v) is 3.41. The van der Waals surface area contributed by atoms with Crippen molar-refractivity contribution in [1.29, 1.82) is 0 Å². The smallest absolute Gasteiger partial charge is 0.317 e. The van der Waals surface area contributed by atoms with Crippen LogP contribution < -0.4 is 10.2 Å². The van der Waals surface area contributed by atoms with E-state index < -0.39 is 0 Å². The van der Waals surface area contributed by atoms with Crippen LogP contribution in [0.15, 0.2) is 24.3 Å². The van der Waals surface area contributed by atoms with Gasteiger partial charge in [0.15, 0.2) is 0 Å². The highest BCUT2D eigenvalue weighted by molar-refractivity contribution is 5.74. The Morgan fingerprint density at radius 2 is 1.92 bits per heavy atom. The first-order valence-corrected chi connectivity index (χ1v) is 9.03. The summed E-state index contributed by atoms with van der Waals surface area (Å²) in [5.41, 5.74) is 1.07. The van der Waals surface area contributed by atoms with Crippen molar-refractivity contribution in [3.8, 4) is 0 Å². The SMILES string of the molecule is CCNC(=O)N1CCOC(CN2CCN(c3ccc(F)cc3)CC2)C1. The number of piperazine rings is 1. The summed E-state index contributed by atoms with van der Waals surface area (Å²) in [5.74, 6) is -0.200. The van der Waals surface area contributed by atoms with E-state index in [1.54, 1.807) is 0 Å². The van der Waals surface area contributed by atoms with Gasteiger partial charge < -0.3 is 19.9 Å². The molecule has 2 amide bonds. The van der Waals surface area contributed by atoms with E-state index in [9.17, 15) is 9.18 Å². The average molecular weight is 350 g/mol. The van der Waals surface area contributed by atoms with Gasteiger partial charge in [0, 0.05) is 58.0 Å². The zero-order chi connectivity index (χ0) is 17.6. The molecule has 138 valence electrons. The van der Waals surface area contributed by atoms with Crippen LogP contribution in [-0.2, 0) is 4.74 Å². The van der Waals surface area contributed by atoms with Crippen LogP contribution in [0, 0.1) is 5.82 Å². The number of benzene rings is 1. The summed E-state index contributed by atoms with van der Waals surface area (Å²) < 4.78 is 18.9. The minimum atomic E-state index is -0.200. The van der Waals surface area contributed by atoms with E-state index in [0.717, 1.165) is 38.4 Å². The Morgan fingerprint density at radius 1 is 1.20 bits per heavy atom. The second-order valence-electron chi connectivity index (χ2n) is 6.54. The molecular formula is C18H27FN4O2. The number of carbonyl (C=O) groups excluding carboxylic acids is 1. The molecule has 0 radical (unpaired) electrons. The third kappa shape index (κ3) is 4.83. The Hall–Kier alpha value is -1.86. The highest BCUT2D eigenvalue weighted by atomic mass is 19.1. The number of urea groups is 1. The third-order valence-corrected chi connectivity index (χ3v) is 4.78. The Balaban J connectivity index is 1.45. The van der Waals surface area contributed by atoms with E-state index in [0.29, 0.717) is 26.2 Å².